The van der Waals surface area contributed by atoms with Crippen LogP contribution in [0.1, 0.15) is 34.9 Å². The summed E-state index contributed by atoms with van der Waals surface area (Å²) in [5.74, 6) is 1.24. The molecular formula is C26H25N3O. The number of carbonyl (C=O) groups excluding carboxylic acids is 1. The molecule has 1 saturated heterocycles. The van der Waals surface area contributed by atoms with Crippen molar-refractivity contribution in [3.05, 3.63) is 95.3 Å². The van der Waals surface area contributed by atoms with Crippen LogP contribution >= 0.6 is 0 Å². The molecule has 1 aliphatic heterocycles. The van der Waals surface area contributed by atoms with E-state index in [0.29, 0.717) is 13.0 Å². The van der Waals surface area contributed by atoms with Crippen LogP contribution in [-0.4, -0.2) is 22.0 Å². The number of fused-ring (bicyclic) bond motifs is 1. The van der Waals surface area contributed by atoms with Gasteiger partial charge in [-0.15, -0.1) is 0 Å². The van der Waals surface area contributed by atoms with E-state index in [1.165, 1.54) is 16.7 Å². The fourth-order valence-electron chi connectivity index (χ4n) is 4.30. The highest BCUT2D eigenvalue weighted by molar-refractivity contribution is 5.96. The lowest BCUT2D eigenvalue weighted by Gasteiger charge is -2.18. The number of aromatic nitrogens is 2. The summed E-state index contributed by atoms with van der Waals surface area (Å²) >= 11 is 0. The van der Waals surface area contributed by atoms with Gasteiger partial charge in [0.2, 0.25) is 5.91 Å². The van der Waals surface area contributed by atoms with E-state index in [1.807, 2.05) is 23.1 Å². The number of hydrogen-bond donors (Lipinski definition) is 0. The van der Waals surface area contributed by atoms with Crippen molar-refractivity contribution < 1.29 is 4.79 Å². The molecule has 0 spiro atoms. The van der Waals surface area contributed by atoms with Crippen LogP contribution in [0.3, 0.4) is 0 Å². The topological polar surface area (TPSA) is 38.1 Å². The smallest absolute Gasteiger partial charge is 0.227 e. The van der Waals surface area contributed by atoms with E-state index in [1.54, 1.807) is 0 Å². The molecule has 150 valence electrons. The van der Waals surface area contributed by atoms with Gasteiger partial charge in [-0.2, -0.15) is 0 Å². The first-order valence-corrected chi connectivity index (χ1v) is 10.5. The molecule has 1 aliphatic rings. The quantitative estimate of drug-likeness (QED) is 0.475. The first kappa shape index (κ1) is 18.6. The Morgan fingerprint density at radius 2 is 1.57 bits per heavy atom. The summed E-state index contributed by atoms with van der Waals surface area (Å²) in [4.78, 5) is 19.7. The van der Waals surface area contributed by atoms with E-state index in [4.69, 9.17) is 4.98 Å². The Morgan fingerprint density at radius 3 is 2.30 bits per heavy atom. The number of anilines is 1. The molecule has 1 aromatic heterocycles. The zero-order valence-corrected chi connectivity index (χ0v) is 17.4. The first-order chi connectivity index (χ1) is 14.6. The number of carbonyl (C=O) groups is 1. The van der Waals surface area contributed by atoms with Gasteiger partial charge in [0, 0.05) is 31.1 Å². The lowest BCUT2D eigenvalue weighted by atomic mass is 10.1. The summed E-state index contributed by atoms with van der Waals surface area (Å²) in [7, 11) is 0. The highest BCUT2D eigenvalue weighted by Crippen LogP contribution is 2.33. The maximum atomic E-state index is 12.9. The molecule has 1 amide bonds. The third kappa shape index (κ3) is 3.39. The molecular weight excluding hydrogens is 370 g/mol. The molecule has 4 aromatic rings. The van der Waals surface area contributed by atoms with Crippen LogP contribution in [0.25, 0.3) is 11.0 Å². The SMILES string of the molecule is Cc1ccc(Cn2c(C3CC(=O)N(c4ccc(C)cc4)C3)nc3ccccc32)cc1. The number of aryl methyl sites for hydroxylation is 2. The highest BCUT2D eigenvalue weighted by Gasteiger charge is 2.34. The molecule has 30 heavy (non-hydrogen) atoms. The van der Waals surface area contributed by atoms with E-state index >= 15 is 0 Å². The third-order valence-corrected chi connectivity index (χ3v) is 5.98. The second-order valence-electron chi connectivity index (χ2n) is 8.27. The first-order valence-electron chi connectivity index (χ1n) is 10.5. The summed E-state index contributed by atoms with van der Waals surface area (Å²) in [6.45, 7) is 5.59. The van der Waals surface area contributed by atoms with Gasteiger partial charge in [0.25, 0.3) is 0 Å². The van der Waals surface area contributed by atoms with Crippen molar-refractivity contribution in [1.82, 2.24) is 9.55 Å². The third-order valence-electron chi connectivity index (χ3n) is 5.98. The summed E-state index contributed by atoms with van der Waals surface area (Å²) in [5.41, 5.74) is 6.76. The highest BCUT2D eigenvalue weighted by atomic mass is 16.2. The fourth-order valence-corrected chi connectivity index (χ4v) is 4.30. The van der Waals surface area contributed by atoms with Crippen LogP contribution in [0, 0.1) is 13.8 Å². The number of nitrogens with zero attached hydrogens (tertiary/aromatic N) is 3. The standard InChI is InChI=1S/C26H25N3O/c1-18-7-11-20(12-8-18)16-29-24-6-4-3-5-23(24)27-26(29)21-15-25(30)28(17-21)22-13-9-19(2)10-14-22/h3-14,21H,15-17H2,1-2H3. The lowest BCUT2D eigenvalue weighted by molar-refractivity contribution is -0.117. The minimum Gasteiger partial charge on any atom is -0.323 e. The molecule has 0 aliphatic carbocycles. The number of rotatable bonds is 4. The normalized spacial score (nSPS) is 16.5. The molecule has 4 heteroatoms. The second-order valence-corrected chi connectivity index (χ2v) is 8.27. The molecule has 2 heterocycles. The number of benzene rings is 3. The van der Waals surface area contributed by atoms with E-state index in [-0.39, 0.29) is 11.8 Å². The van der Waals surface area contributed by atoms with Crippen molar-refractivity contribution in [2.75, 3.05) is 11.4 Å². The molecule has 0 N–H and O–H groups in total. The van der Waals surface area contributed by atoms with Crippen LogP contribution in [-0.2, 0) is 11.3 Å². The molecule has 1 fully saturated rings. The van der Waals surface area contributed by atoms with Crippen LogP contribution in [0.5, 0.6) is 0 Å². The average molecular weight is 396 g/mol. The molecule has 5 rings (SSSR count). The van der Waals surface area contributed by atoms with Crippen LogP contribution in [0.4, 0.5) is 5.69 Å². The summed E-state index contributed by atoms with van der Waals surface area (Å²) < 4.78 is 2.29. The van der Waals surface area contributed by atoms with Crippen LogP contribution < -0.4 is 4.90 Å². The molecule has 4 nitrogen and oxygen atoms in total. The monoisotopic (exact) mass is 395 g/mol. The number of imidazole rings is 1. The zero-order chi connectivity index (χ0) is 20.7. The average Bonchev–Trinajstić information content (AvgIpc) is 3.31. The Morgan fingerprint density at radius 1 is 0.900 bits per heavy atom. The Labute approximate surface area is 176 Å². The van der Waals surface area contributed by atoms with Crippen molar-refractivity contribution in [3.8, 4) is 0 Å². The van der Waals surface area contributed by atoms with Gasteiger partial charge in [0.1, 0.15) is 5.82 Å². The van der Waals surface area contributed by atoms with Gasteiger partial charge in [-0.1, -0.05) is 59.7 Å². The van der Waals surface area contributed by atoms with Crippen molar-refractivity contribution in [2.24, 2.45) is 0 Å². The molecule has 1 unspecified atom stereocenters. The molecule has 1 atom stereocenters. The molecule has 0 saturated carbocycles. The van der Waals surface area contributed by atoms with Crippen molar-refractivity contribution in [3.63, 3.8) is 0 Å². The predicted molar refractivity (Wildman–Crippen MR) is 121 cm³/mol. The van der Waals surface area contributed by atoms with Crippen molar-refractivity contribution >= 4 is 22.6 Å². The number of amides is 1. The van der Waals surface area contributed by atoms with Crippen LogP contribution in [0.2, 0.25) is 0 Å². The van der Waals surface area contributed by atoms with Gasteiger partial charge in [0.15, 0.2) is 0 Å². The van der Waals surface area contributed by atoms with E-state index in [0.717, 1.165) is 29.1 Å². The Balaban J connectivity index is 1.51. The van der Waals surface area contributed by atoms with Crippen molar-refractivity contribution in [1.29, 1.82) is 0 Å². The number of hydrogen-bond acceptors (Lipinski definition) is 2. The van der Waals surface area contributed by atoms with Gasteiger partial charge in [0.05, 0.1) is 11.0 Å². The largest absolute Gasteiger partial charge is 0.323 e. The van der Waals surface area contributed by atoms with Gasteiger partial charge < -0.3 is 9.47 Å². The van der Waals surface area contributed by atoms with Gasteiger partial charge in [-0.3, -0.25) is 4.79 Å². The zero-order valence-electron chi connectivity index (χ0n) is 17.4. The van der Waals surface area contributed by atoms with E-state index in [9.17, 15) is 4.79 Å². The predicted octanol–water partition coefficient (Wildman–Crippen LogP) is 5.22. The van der Waals surface area contributed by atoms with Gasteiger partial charge in [-0.05, 0) is 43.7 Å². The Hall–Kier alpha value is -3.40. The lowest BCUT2D eigenvalue weighted by Crippen LogP contribution is -2.24. The molecule has 0 radical (unpaired) electrons. The molecule has 3 aromatic carbocycles. The van der Waals surface area contributed by atoms with Crippen molar-refractivity contribution in [2.45, 2.75) is 32.7 Å². The maximum Gasteiger partial charge on any atom is 0.227 e. The fraction of sp³-hybridized carbons (Fsp3) is 0.231. The minimum atomic E-state index is 0.0802. The van der Waals surface area contributed by atoms with E-state index < -0.39 is 0 Å². The minimum absolute atomic E-state index is 0.0802. The Kier molecular flexibility index (Phi) is 4.62. The second kappa shape index (κ2) is 7.45. The maximum absolute atomic E-state index is 12.9. The summed E-state index contributed by atoms with van der Waals surface area (Å²) in [5, 5.41) is 0. The van der Waals surface area contributed by atoms with Crippen LogP contribution in [0.15, 0.2) is 72.8 Å². The van der Waals surface area contributed by atoms with Gasteiger partial charge in [-0.25, -0.2) is 4.98 Å². The van der Waals surface area contributed by atoms with Gasteiger partial charge >= 0.3 is 0 Å². The summed E-state index contributed by atoms with van der Waals surface area (Å²) in [6, 6.07) is 25.1. The Bertz CT molecular complexity index is 1210. The molecule has 0 bridgehead atoms. The number of para-hydroxylation sites is 2. The summed E-state index contributed by atoms with van der Waals surface area (Å²) in [6.07, 6.45) is 0.491. The van der Waals surface area contributed by atoms with E-state index in [2.05, 4.69) is 73.0 Å².